The summed E-state index contributed by atoms with van der Waals surface area (Å²) in [7, 11) is 0. The average molecular weight is 340 g/mol. The van der Waals surface area contributed by atoms with Crippen molar-refractivity contribution in [2.24, 2.45) is 0 Å². The van der Waals surface area contributed by atoms with Gasteiger partial charge in [0.25, 0.3) is 0 Å². The van der Waals surface area contributed by atoms with Gasteiger partial charge in [0.1, 0.15) is 11.0 Å². The van der Waals surface area contributed by atoms with Crippen LogP contribution >= 0.6 is 15.9 Å². The van der Waals surface area contributed by atoms with Crippen molar-refractivity contribution in [3.63, 3.8) is 0 Å². The van der Waals surface area contributed by atoms with E-state index >= 15 is 0 Å². The Morgan fingerprint density at radius 3 is 2.86 bits per heavy atom. The summed E-state index contributed by atoms with van der Waals surface area (Å²) in [4.78, 5) is 4.34. The quantitative estimate of drug-likeness (QED) is 0.728. The molecule has 0 fully saturated rings. The molecule has 0 N–H and O–H groups in total. The Morgan fingerprint density at radius 1 is 1.19 bits per heavy atom. The van der Waals surface area contributed by atoms with Crippen LogP contribution in [0.2, 0.25) is 0 Å². The molecule has 0 unspecified atom stereocenters. The number of fused-ring (bicyclic) bond motifs is 1. The van der Waals surface area contributed by atoms with E-state index in [4.69, 9.17) is 4.42 Å². The largest absolute Gasteiger partial charge is 0.457 e. The molecule has 2 nitrogen and oxygen atoms in total. The first kappa shape index (κ1) is 13.8. The molecule has 0 atom stereocenters. The van der Waals surface area contributed by atoms with Crippen LogP contribution in [0, 0.1) is 0 Å². The SMILES string of the molecule is C=c1oc2ccccc2/c1=C/C=C\Cc1ccc(Br)cn1. The van der Waals surface area contributed by atoms with E-state index in [2.05, 4.69) is 33.6 Å². The predicted molar refractivity (Wildman–Crippen MR) is 90.2 cm³/mol. The van der Waals surface area contributed by atoms with Gasteiger partial charge in [-0.05, 0) is 34.1 Å². The molecule has 0 aliphatic heterocycles. The van der Waals surface area contributed by atoms with Crippen LogP contribution in [0.25, 0.3) is 23.6 Å². The molecular weight excluding hydrogens is 326 g/mol. The van der Waals surface area contributed by atoms with Crippen LogP contribution in [-0.4, -0.2) is 4.98 Å². The highest BCUT2D eigenvalue weighted by molar-refractivity contribution is 9.10. The second-order valence-corrected chi connectivity index (χ2v) is 5.62. The summed E-state index contributed by atoms with van der Waals surface area (Å²) in [5, 5.41) is 2.12. The summed E-state index contributed by atoms with van der Waals surface area (Å²) in [5.74, 6) is 0. The van der Waals surface area contributed by atoms with Crippen molar-refractivity contribution in [1.82, 2.24) is 4.98 Å². The van der Waals surface area contributed by atoms with Gasteiger partial charge in [0.15, 0.2) is 0 Å². The Bertz CT molecular complexity index is 891. The molecule has 0 bridgehead atoms. The fraction of sp³-hybridized carbons (Fsp3) is 0.0556. The van der Waals surface area contributed by atoms with Gasteiger partial charge in [0.05, 0.1) is 0 Å². The van der Waals surface area contributed by atoms with Gasteiger partial charge in [-0.15, -0.1) is 0 Å². The smallest absolute Gasteiger partial charge is 0.135 e. The summed E-state index contributed by atoms with van der Waals surface area (Å²) >= 11 is 3.38. The molecule has 0 spiro atoms. The maximum atomic E-state index is 5.63. The zero-order valence-corrected chi connectivity index (χ0v) is 13.0. The van der Waals surface area contributed by atoms with Gasteiger partial charge >= 0.3 is 0 Å². The van der Waals surface area contributed by atoms with Gasteiger partial charge in [0, 0.05) is 33.4 Å². The maximum Gasteiger partial charge on any atom is 0.135 e. The molecule has 21 heavy (non-hydrogen) atoms. The fourth-order valence-electron chi connectivity index (χ4n) is 2.18. The summed E-state index contributed by atoms with van der Waals surface area (Å²) < 4.78 is 6.63. The van der Waals surface area contributed by atoms with Crippen molar-refractivity contribution in [2.75, 3.05) is 0 Å². The Hall–Kier alpha value is -2.13. The first-order valence-electron chi connectivity index (χ1n) is 6.68. The summed E-state index contributed by atoms with van der Waals surface area (Å²) in [6.07, 6.45) is 8.75. The summed E-state index contributed by atoms with van der Waals surface area (Å²) in [6, 6.07) is 12.0. The number of para-hydroxylation sites is 1. The van der Waals surface area contributed by atoms with E-state index in [0.717, 1.165) is 32.8 Å². The molecule has 2 aromatic heterocycles. The number of hydrogen-bond acceptors (Lipinski definition) is 2. The molecule has 104 valence electrons. The summed E-state index contributed by atoms with van der Waals surface area (Å²) in [5.41, 5.74) is 2.61. The van der Waals surface area contributed by atoms with Crippen molar-refractivity contribution in [3.05, 3.63) is 75.5 Å². The van der Waals surface area contributed by atoms with Crippen molar-refractivity contribution >= 4 is 39.6 Å². The van der Waals surface area contributed by atoms with Crippen molar-refractivity contribution in [2.45, 2.75) is 6.42 Å². The van der Waals surface area contributed by atoms with Gasteiger partial charge in [-0.3, -0.25) is 4.98 Å². The van der Waals surface area contributed by atoms with Crippen LogP contribution in [0.15, 0.2) is 63.6 Å². The second-order valence-electron chi connectivity index (χ2n) is 4.70. The normalized spacial score (nSPS) is 12.5. The first-order chi connectivity index (χ1) is 10.2. The van der Waals surface area contributed by atoms with Gasteiger partial charge in [0.2, 0.25) is 0 Å². The number of hydrogen-bond donors (Lipinski definition) is 0. The zero-order valence-electron chi connectivity index (χ0n) is 11.4. The highest BCUT2D eigenvalue weighted by Gasteiger charge is 1.98. The number of benzene rings is 1. The fourth-order valence-corrected chi connectivity index (χ4v) is 2.41. The number of nitrogens with zero attached hydrogens (tertiary/aromatic N) is 1. The molecule has 0 amide bonds. The number of rotatable bonds is 3. The Balaban J connectivity index is 1.84. The minimum Gasteiger partial charge on any atom is -0.457 e. The van der Waals surface area contributed by atoms with E-state index in [1.807, 2.05) is 54.7 Å². The van der Waals surface area contributed by atoms with Crippen molar-refractivity contribution in [1.29, 1.82) is 0 Å². The van der Waals surface area contributed by atoms with Crippen molar-refractivity contribution in [3.8, 4) is 0 Å². The number of halogens is 1. The molecule has 2 heterocycles. The Labute approximate surface area is 131 Å². The standard InChI is InChI=1S/C18H14BrNO/c1-13-16(17-8-4-5-9-18(17)21-13)7-3-2-6-15-11-10-14(19)12-20-15/h2-5,7-12H,1,6H2/b3-2-,16-7+. The van der Waals surface area contributed by atoms with Crippen LogP contribution in [-0.2, 0) is 6.42 Å². The zero-order chi connectivity index (χ0) is 14.7. The third-order valence-electron chi connectivity index (χ3n) is 3.23. The van der Waals surface area contributed by atoms with Gasteiger partial charge < -0.3 is 4.42 Å². The lowest BCUT2D eigenvalue weighted by Crippen LogP contribution is -2.17. The van der Waals surface area contributed by atoms with E-state index in [9.17, 15) is 0 Å². The topological polar surface area (TPSA) is 26.0 Å². The van der Waals surface area contributed by atoms with E-state index in [1.54, 1.807) is 0 Å². The van der Waals surface area contributed by atoms with E-state index in [-0.39, 0.29) is 0 Å². The molecule has 1 aromatic carbocycles. The van der Waals surface area contributed by atoms with Crippen molar-refractivity contribution < 1.29 is 4.42 Å². The van der Waals surface area contributed by atoms with Crippen LogP contribution in [0.3, 0.4) is 0 Å². The minimum atomic E-state index is 0.697. The van der Waals surface area contributed by atoms with Crippen LogP contribution in [0.1, 0.15) is 5.69 Å². The third-order valence-corrected chi connectivity index (χ3v) is 3.69. The lowest BCUT2D eigenvalue weighted by molar-refractivity contribution is 0.577. The molecule has 3 heteroatoms. The lowest BCUT2D eigenvalue weighted by Gasteiger charge is -1.94. The number of aromatic nitrogens is 1. The second kappa shape index (κ2) is 6.10. The van der Waals surface area contributed by atoms with Crippen LogP contribution < -0.4 is 10.6 Å². The number of allylic oxidation sites excluding steroid dienone is 2. The highest BCUT2D eigenvalue weighted by Crippen LogP contribution is 2.08. The first-order valence-corrected chi connectivity index (χ1v) is 7.47. The Morgan fingerprint density at radius 2 is 2.05 bits per heavy atom. The Kier molecular flexibility index (Phi) is 4.02. The average Bonchev–Trinajstić information content (AvgIpc) is 2.81. The van der Waals surface area contributed by atoms with E-state index < -0.39 is 0 Å². The van der Waals surface area contributed by atoms with E-state index in [1.165, 1.54) is 0 Å². The molecular formula is C18H14BrNO. The van der Waals surface area contributed by atoms with Crippen LogP contribution in [0.4, 0.5) is 0 Å². The molecule has 0 aliphatic carbocycles. The highest BCUT2D eigenvalue weighted by atomic mass is 79.9. The summed E-state index contributed by atoms with van der Waals surface area (Å²) in [6.45, 7) is 3.95. The monoisotopic (exact) mass is 339 g/mol. The van der Waals surface area contributed by atoms with Gasteiger partial charge in [-0.25, -0.2) is 0 Å². The van der Waals surface area contributed by atoms with Gasteiger partial charge in [-0.2, -0.15) is 0 Å². The number of pyridine rings is 1. The van der Waals surface area contributed by atoms with Gasteiger partial charge in [-0.1, -0.05) is 43.0 Å². The minimum absolute atomic E-state index is 0.697. The predicted octanol–water partition coefficient (Wildman–Crippen LogP) is 3.58. The lowest BCUT2D eigenvalue weighted by atomic mass is 10.2. The molecule has 3 rings (SSSR count). The molecule has 3 aromatic rings. The number of furan rings is 1. The molecule has 0 saturated carbocycles. The van der Waals surface area contributed by atoms with Crippen LogP contribution in [0.5, 0.6) is 0 Å². The molecule has 0 saturated heterocycles. The molecule has 0 aliphatic rings. The third kappa shape index (κ3) is 3.14. The van der Waals surface area contributed by atoms with E-state index in [0.29, 0.717) is 5.42 Å². The molecule has 0 radical (unpaired) electrons. The maximum absolute atomic E-state index is 5.63.